The molecule has 0 amide bonds. The molecule has 1 atom stereocenters. The molecule has 1 rings (SSSR count). The fraction of sp³-hybridized carbons (Fsp3) is 0.545. The Kier molecular flexibility index (Phi) is 5.43. The van der Waals surface area contributed by atoms with Gasteiger partial charge in [-0.25, -0.2) is 4.98 Å². The van der Waals surface area contributed by atoms with Gasteiger partial charge in [0.05, 0.1) is 17.7 Å². The quantitative estimate of drug-likeness (QED) is 0.813. The van der Waals surface area contributed by atoms with Gasteiger partial charge in [0.1, 0.15) is 5.82 Å². The first-order chi connectivity index (χ1) is 7.27. The van der Waals surface area contributed by atoms with Crippen molar-refractivity contribution < 1.29 is 4.74 Å². The number of aromatic nitrogens is 1. The summed E-state index contributed by atoms with van der Waals surface area (Å²) in [5, 5.41) is 3.93. The van der Waals surface area contributed by atoms with Crippen LogP contribution in [0.2, 0.25) is 5.02 Å². The van der Waals surface area contributed by atoms with Crippen LogP contribution in [-0.4, -0.2) is 24.7 Å². The Hall–Kier alpha value is -0.800. The number of rotatable bonds is 6. The maximum absolute atomic E-state index is 6.00. The van der Waals surface area contributed by atoms with Gasteiger partial charge in [0, 0.05) is 13.3 Å². The molecule has 0 aliphatic carbocycles. The van der Waals surface area contributed by atoms with Crippen LogP contribution in [-0.2, 0) is 4.74 Å². The number of nitrogens with one attached hydrogen (secondary N) is 1. The van der Waals surface area contributed by atoms with E-state index >= 15 is 0 Å². The minimum atomic E-state index is 0.271. The van der Waals surface area contributed by atoms with Crippen LogP contribution >= 0.6 is 11.6 Å². The number of nitrogens with zero attached hydrogens (tertiary/aromatic N) is 1. The normalized spacial score (nSPS) is 12.5. The first-order valence-electron chi connectivity index (χ1n) is 5.14. The van der Waals surface area contributed by atoms with Crippen molar-refractivity contribution in [3.05, 3.63) is 23.4 Å². The summed E-state index contributed by atoms with van der Waals surface area (Å²) in [6, 6.07) is 3.91. The predicted molar refractivity (Wildman–Crippen MR) is 63.4 cm³/mol. The number of hydrogen-bond acceptors (Lipinski definition) is 3. The summed E-state index contributed by atoms with van der Waals surface area (Å²) < 4.78 is 5.14. The average Bonchev–Trinajstić information content (AvgIpc) is 2.22. The summed E-state index contributed by atoms with van der Waals surface area (Å²) in [5.41, 5.74) is 0. The highest BCUT2D eigenvalue weighted by molar-refractivity contribution is 6.32. The molecule has 1 N–H and O–H groups in total. The lowest BCUT2D eigenvalue weighted by atomic mass is 10.2. The van der Waals surface area contributed by atoms with Gasteiger partial charge in [-0.3, -0.25) is 0 Å². The fourth-order valence-electron chi connectivity index (χ4n) is 1.43. The summed E-state index contributed by atoms with van der Waals surface area (Å²) in [5.74, 6) is 0.731. The molecule has 3 nitrogen and oxygen atoms in total. The molecule has 1 heterocycles. The van der Waals surface area contributed by atoms with Gasteiger partial charge in [0.15, 0.2) is 0 Å². The molecule has 0 fully saturated rings. The first-order valence-corrected chi connectivity index (χ1v) is 5.51. The molecule has 0 saturated heterocycles. The van der Waals surface area contributed by atoms with Gasteiger partial charge in [0.25, 0.3) is 0 Å². The predicted octanol–water partition coefficient (Wildman–Crippen LogP) is 2.96. The number of ether oxygens (including phenoxy) is 1. The summed E-state index contributed by atoms with van der Waals surface area (Å²) in [7, 11) is 1.70. The van der Waals surface area contributed by atoms with E-state index in [0.717, 1.165) is 18.7 Å². The highest BCUT2D eigenvalue weighted by Gasteiger charge is 2.09. The van der Waals surface area contributed by atoms with E-state index in [4.69, 9.17) is 16.3 Å². The topological polar surface area (TPSA) is 34.1 Å². The van der Waals surface area contributed by atoms with E-state index in [0.29, 0.717) is 11.6 Å². The number of methoxy groups -OCH3 is 1. The summed E-state index contributed by atoms with van der Waals surface area (Å²) in [4.78, 5) is 4.18. The van der Waals surface area contributed by atoms with Crippen molar-refractivity contribution in [1.82, 2.24) is 4.98 Å². The molecule has 1 aromatic heterocycles. The van der Waals surface area contributed by atoms with Gasteiger partial charge in [-0.15, -0.1) is 0 Å². The molecule has 0 saturated carbocycles. The smallest absolute Gasteiger partial charge is 0.145 e. The number of anilines is 1. The Bertz CT molecular complexity index is 288. The van der Waals surface area contributed by atoms with E-state index in [1.807, 2.05) is 12.1 Å². The number of pyridine rings is 1. The number of halogens is 1. The second-order valence-corrected chi connectivity index (χ2v) is 3.83. The molecule has 0 bridgehead atoms. The second-order valence-electron chi connectivity index (χ2n) is 3.42. The lowest BCUT2D eigenvalue weighted by Crippen LogP contribution is -2.25. The molecule has 4 heteroatoms. The highest BCUT2D eigenvalue weighted by Crippen LogP contribution is 2.19. The SMILES string of the molecule is CCCC(COC)Nc1ncccc1Cl. The van der Waals surface area contributed by atoms with Crippen molar-refractivity contribution in [3.8, 4) is 0 Å². The van der Waals surface area contributed by atoms with Crippen LogP contribution in [0.1, 0.15) is 19.8 Å². The van der Waals surface area contributed by atoms with Crippen LogP contribution < -0.4 is 5.32 Å². The Labute approximate surface area is 95.8 Å². The lowest BCUT2D eigenvalue weighted by molar-refractivity contribution is 0.182. The molecule has 0 radical (unpaired) electrons. The zero-order chi connectivity index (χ0) is 11.1. The molecule has 0 spiro atoms. The maximum Gasteiger partial charge on any atom is 0.145 e. The molecule has 0 aliphatic rings. The van der Waals surface area contributed by atoms with E-state index < -0.39 is 0 Å². The van der Waals surface area contributed by atoms with Gasteiger partial charge in [-0.05, 0) is 18.6 Å². The van der Waals surface area contributed by atoms with E-state index in [1.165, 1.54) is 0 Å². The second kappa shape index (κ2) is 6.64. The molecule has 1 aromatic rings. The maximum atomic E-state index is 6.00. The van der Waals surface area contributed by atoms with E-state index in [9.17, 15) is 0 Å². The van der Waals surface area contributed by atoms with Gasteiger partial charge >= 0.3 is 0 Å². The molecule has 0 aliphatic heterocycles. The third-order valence-electron chi connectivity index (χ3n) is 2.10. The van der Waals surface area contributed by atoms with Gasteiger partial charge in [-0.2, -0.15) is 0 Å². The van der Waals surface area contributed by atoms with E-state index in [1.54, 1.807) is 13.3 Å². The minimum Gasteiger partial charge on any atom is -0.383 e. The summed E-state index contributed by atoms with van der Waals surface area (Å²) in [6.07, 6.45) is 3.87. The zero-order valence-electron chi connectivity index (χ0n) is 9.16. The minimum absolute atomic E-state index is 0.271. The number of hydrogen-bond donors (Lipinski definition) is 1. The van der Waals surface area contributed by atoms with Crippen LogP contribution in [0.4, 0.5) is 5.82 Å². The van der Waals surface area contributed by atoms with Crippen LogP contribution in [0.5, 0.6) is 0 Å². The summed E-state index contributed by atoms with van der Waals surface area (Å²) in [6.45, 7) is 2.81. The van der Waals surface area contributed by atoms with Crippen molar-refractivity contribution in [3.63, 3.8) is 0 Å². The van der Waals surface area contributed by atoms with Crippen LogP contribution in [0.25, 0.3) is 0 Å². The van der Waals surface area contributed by atoms with E-state index in [2.05, 4.69) is 17.2 Å². The van der Waals surface area contributed by atoms with Crippen molar-refractivity contribution in [2.45, 2.75) is 25.8 Å². The largest absolute Gasteiger partial charge is 0.383 e. The van der Waals surface area contributed by atoms with Crippen molar-refractivity contribution >= 4 is 17.4 Å². The van der Waals surface area contributed by atoms with Crippen molar-refractivity contribution in [1.29, 1.82) is 0 Å². The van der Waals surface area contributed by atoms with Gasteiger partial charge in [-0.1, -0.05) is 24.9 Å². The third kappa shape index (κ3) is 4.06. The molecule has 15 heavy (non-hydrogen) atoms. The Balaban J connectivity index is 2.60. The van der Waals surface area contributed by atoms with Crippen molar-refractivity contribution in [2.24, 2.45) is 0 Å². The van der Waals surface area contributed by atoms with Gasteiger partial charge in [0.2, 0.25) is 0 Å². The Morgan fingerprint density at radius 1 is 1.60 bits per heavy atom. The fourth-order valence-corrected chi connectivity index (χ4v) is 1.61. The Morgan fingerprint density at radius 2 is 2.40 bits per heavy atom. The molecular formula is C11H17ClN2O. The standard InChI is InChI=1S/C11H17ClN2O/c1-3-5-9(8-15-2)14-11-10(12)6-4-7-13-11/h4,6-7,9H,3,5,8H2,1-2H3,(H,13,14). The van der Waals surface area contributed by atoms with Crippen LogP contribution in [0.3, 0.4) is 0 Å². The highest BCUT2D eigenvalue weighted by atomic mass is 35.5. The monoisotopic (exact) mass is 228 g/mol. The van der Waals surface area contributed by atoms with Crippen LogP contribution in [0, 0.1) is 0 Å². The lowest BCUT2D eigenvalue weighted by Gasteiger charge is -2.18. The molecular weight excluding hydrogens is 212 g/mol. The summed E-state index contributed by atoms with van der Waals surface area (Å²) >= 11 is 6.00. The van der Waals surface area contributed by atoms with Crippen molar-refractivity contribution in [2.75, 3.05) is 19.0 Å². The van der Waals surface area contributed by atoms with Crippen LogP contribution in [0.15, 0.2) is 18.3 Å². The molecule has 84 valence electrons. The first kappa shape index (κ1) is 12.3. The molecule has 0 aromatic carbocycles. The molecule has 1 unspecified atom stereocenters. The zero-order valence-corrected chi connectivity index (χ0v) is 9.92. The average molecular weight is 229 g/mol. The third-order valence-corrected chi connectivity index (χ3v) is 2.41. The van der Waals surface area contributed by atoms with Gasteiger partial charge < -0.3 is 10.1 Å². The Morgan fingerprint density at radius 3 is 3.00 bits per heavy atom. The van der Waals surface area contributed by atoms with E-state index in [-0.39, 0.29) is 6.04 Å².